The molecule has 0 bridgehead atoms. The fourth-order valence-electron chi connectivity index (χ4n) is 0.748. The van der Waals surface area contributed by atoms with Gasteiger partial charge in [-0.2, -0.15) is 0 Å². The summed E-state index contributed by atoms with van der Waals surface area (Å²) in [5.74, 6) is 0. The largest absolute Gasteiger partial charge is 0.315 e. The minimum absolute atomic E-state index is 0.0570. The molecule has 0 aliphatic heterocycles. The van der Waals surface area contributed by atoms with E-state index >= 15 is 0 Å². The summed E-state index contributed by atoms with van der Waals surface area (Å²) in [6, 6.07) is 0. The Kier molecular flexibility index (Phi) is 4.67. The third-order valence-corrected chi connectivity index (χ3v) is 0.983. The molecule has 0 saturated heterocycles. The molecule has 0 spiro atoms. The summed E-state index contributed by atoms with van der Waals surface area (Å²) >= 11 is 0. The minimum Gasteiger partial charge on any atom is -0.315 e. The lowest BCUT2D eigenvalue weighted by atomic mass is 10.5. The molecule has 56 valence electrons. The van der Waals surface area contributed by atoms with E-state index in [1.165, 1.54) is 0 Å². The summed E-state index contributed by atoms with van der Waals surface area (Å²) in [7, 11) is 1.99. The van der Waals surface area contributed by atoms with Gasteiger partial charge in [-0.05, 0) is 13.3 Å². The SMILES string of the molecule is CCCN(C)NC(C)N. The standard InChI is InChI=1S/C6H17N3/c1-4-5-9(3)8-6(2)7/h6,8H,4-5,7H2,1-3H3. The van der Waals surface area contributed by atoms with Gasteiger partial charge in [0.1, 0.15) is 0 Å². The second-order valence-electron chi connectivity index (χ2n) is 2.34. The smallest absolute Gasteiger partial charge is 0.0652 e. The molecule has 3 N–H and O–H groups in total. The average Bonchev–Trinajstić information content (AvgIpc) is 1.63. The summed E-state index contributed by atoms with van der Waals surface area (Å²) < 4.78 is 0. The van der Waals surface area contributed by atoms with Crippen LogP contribution in [0.2, 0.25) is 0 Å². The topological polar surface area (TPSA) is 41.3 Å². The van der Waals surface area contributed by atoms with Crippen LogP contribution in [0.5, 0.6) is 0 Å². The lowest BCUT2D eigenvalue weighted by Gasteiger charge is -2.19. The molecule has 0 rings (SSSR count). The van der Waals surface area contributed by atoms with E-state index in [0.29, 0.717) is 0 Å². The number of hydrogen-bond acceptors (Lipinski definition) is 3. The molecule has 3 heteroatoms. The number of nitrogens with one attached hydrogen (secondary N) is 1. The van der Waals surface area contributed by atoms with Crippen molar-refractivity contribution in [3.05, 3.63) is 0 Å². The highest BCUT2D eigenvalue weighted by atomic mass is 15.5. The summed E-state index contributed by atoms with van der Waals surface area (Å²) in [5, 5.41) is 2.00. The van der Waals surface area contributed by atoms with Gasteiger partial charge in [0.2, 0.25) is 0 Å². The fourth-order valence-corrected chi connectivity index (χ4v) is 0.748. The van der Waals surface area contributed by atoms with E-state index in [-0.39, 0.29) is 6.17 Å². The van der Waals surface area contributed by atoms with Crippen molar-refractivity contribution in [2.45, 2.75) is 26.4 Å². The van der Waals surface area contributed by atoms with Crippen LogP contribution in [0.1, 0.15) is 20.3 Å². The van der Waals surface area contributed by atoms with Gasteiger partial charge >= 0.3 is 0 Å². The summed E-state index contributed by atoms with van der Waals surface area (Å²) in [6.07, 6.45) is 1.21. The molecule has 0 heterocycles. The van der Waals surface area contributed by atoms with Crippen LogP contribution in [0.25, 0.3) is 0 Å². The molecule has 0 radical (unpaired) electrons. The molecule has 0 aromatic rings. The van der Waals surface area contributed by atoms with Crippen molar-refractivity contribution in [1.82, 2.24) is 10.4 Å². The molecule has 0 aliphatic rings. The molecule has 0 aromatic carbocycles. The molecule has 3 nitrogen and oxygen atoms in total. The van der Waals surface area contributed by atoms with E-state index in [2.05, 4.69) is 12.3 Å². The van der Waals surface area contributed by atoms with Crippen LogP contribution >= 0.6 is 0 Å². The van der Waals surface area contributed by atoms with Crippen LogP contribution in [-0.4, -0.2) is 24.8 Å². The quantitative estimate of drug-likeness (QED) is 0.421. The van der Waals surface area contributed by atoms with Crippen LogP contribution in [0.3, 0.4) is 0 Å². The molecule has 0 saturated carbocycles. The monoisotopic (exact) mass is 131 g/mol. The van der Waals surface area contributed by atoms with E-state index in [0.717, 1.165) is 13.0 Å². The fraction of sp³-hybridized carbons (Fsp3) is 1.00. The van der Waals surface area contributed by atoms with Crippen molar-refractivity contribution < 1.29 is 0 Å². The van der Waals surface area contributed by atoms with E-state index in [4.69, 9.17) is 5.73 Å². The molecule has 0 amide bonds. The zero-order valence-corrected chi connectivity index (χ0v) is 6.52. The van der Waals surface area contributed by atoms with Crippen molar-refractivity contribution in [3.8, 4) is 0 Å². The van der Waals surface area contributed by atoms with Gasteiger partial charge in [-0.15, -0.1) is 0 Å². The second-order valence-corrected chi connectivity index (χ2v) is 2.34. The van der Waals surface area contributed by atoms with Gasteiger partial charge in [0, 0.05) is 13.6 Å². The van der Waals surface area contributed by atoms with E-state index in [9.17, 15) is 0 Å². The first-order valence-electron chi connectivity index (χ1n) is 3.39. The van der Waals surface area contributed by atoms with Gasteiger partial charge < -0.3 is 5.73 Å². The first kappa shape index (κ1) is 8.88. The van der Waals surface area contributed by atoms with Crippen LogP contribution in [-0.2, 0) is 0 Å². The summed E-state index contributed by atoms with van der Waals surface area (Å²) in [5.41, 5.74) is 8.53. The Hall–Kier alpha value is -0.120. The third kappa shape index (κ3) is 5.76. The number of rotatable bonds is 4. The molecular weight excluding hydrogens is 114 g/mol. The normalized spacial score (nSPS) is 14.3. The number of nitrogens with zero attached hydrogens (tertiary/aromatic N) is 1. The highest BCUT2D eigenvalue weighted by molar-refractivity contribution is 4.46. The third-order valence-electron chi connectivity index (χ3n) is 0.983. The Bertz CT molecular complexity index is 63.3. The van der Waals surface area contributed by atoms with Gasteiger partial charge in [-0.3, -0.25) is 0 Å². The zero-order valence-electron chi connectivity index (χ0n) is 6.52. The minimum atomic E-state index is 0.0570. The van der Waals surface area contributed by atoms with E-state index < -0.39 is 0 Å². The molecular formula is C6H17N3. The molecule has 1 unspecified atom stereocenters. The maximum absolute atomic E-state index is 5.47. The van der Waals surface area contributed by atoms with Crippen LogP contribution < -0.4 is 11.2 Å². The average molecular weight is 131 g/mol. The van der Waals surface area contributed by atoms with E-state index in [1.807, 2.05) is 19.0 Å². The maximum Gasteiger partial charge on any atom is 0.0652 e. The number of hydrazine groups is 1. The Labute approximate surface area is 57.2 Å². The lowest BCUT2D eigenvalue weighted by Crippen LogP contribution is -2.45. The highest BCUT2D eigenvalue weighted by Gasteiger charge is 1.95. The maximum atomic E-state index is 5.47. The number of nitrogens with two attached hydrogens (primary N) is 1. The molecule has 0 aromatic heterocycles. The Balaban J connectivity index is 3.15. The van der Waals surface area contributed by atoms with Gasteiger partial charge in [0.15, 0.2) is 0 Å². The van der Waals surface area contributed by atoms with Crippen LogP contribution in [0.4, 0.5) is 0 Å². The molecule has 9 heavy (non-hydrogen) atoms. The second kappa shape index (κ2) is 4.73. The molecule has 0 aliphatic carbocycles. The Morgan fingerprint density at radius 3 is 2.56 bits per heavy atom. The highest BCUT2D eigenvalue weighted by Crippen LogP contribution is 1.80. The van der Waals surface area contributed by atoms with Gasteiger partial charge in [-0.25, -0.2) is 10.4 Å². The zero-order chi connectivity index (χ0) is 7.28. The van der Waals surface area contributed by atoms with Crippen LogP contribution in [0.15, 0.2) is 0 Å². The van der Waals surface area contributed by atoms with Gasteiger partial charge in [0.25, 0.3) is 0 Å². The van der Waals surface area contributed by atoms with Crippen molar-refractivity contribution in [1.29, 1.82) is 0 Å². The Morgan fingerprint density at radius 1 is 1.67 bits per heavy atom. The van der Waals surface area contributed by atoms with Crippen LogP contribution in [0, 0.1) is 0 Å². The van der Waals surface area contributed by atoms with Crippen molar-refractivity contribution in [2.24, 2.45) is 5.73 Å². The van der Waals surface area contributed by atoms with Crippen molar-refractivity contribution >= 4 is 0 Å². The number of hydrogen-bond donors (Lipinski definition) is 2. The van der Waals surface area contributed by atoms with Crippen molar-refractivity contribution in [2.75, 3.05) is 13.6 Å². The first-order chi connectivity index (χ1) is 4.16. The first-order valence-corrected chi connectivity index (χ1v) is 3.39. The summed E-state index contributed by atoms with van der Waals surface area (Å²) in [6.45, 7) is 5.10. The predicted molar refractivity (Wildman–Crippen MR) is 39.7 cm³/mol. The lowest BCUT2D eigenvalue weighted by molar-refractivity contribution is 0.206. The van der Waals surface area contributed by atoms with Gasteiger partial charge in [0.05, 0.1) is 6.17 Å². The molecule has 1 atom stereocenters. The van der Waals surface area contributed by atoms with Gasteiger partial charge in [-0.1, -0.05) is 6.92 Å². The Morgan fingerprint density at radius 2 is 2.22 bits per heavy atom. The van der Waals surface area contributed by atoms with Crippen molar-refractivity contribution in [3.63, 3.8) is 0 Å². The summed E-state index contributed by atoms with van der Waals surface area (Å²) in [4.78, 5) is 0. The van der Waals surface area contributed by atoms with E-state index in [1.54, 1.807) is 0 Å². The predicted octanol–water partition coefficient (Wildman–Crippen LogP) is 0.138. The molecule has 0 fully saturated rings.